The lowest BCUT2D eigenvalue weighted by molar-refractivity contribution is -0.157. The van der Waals surface area contributed by atoms with Crippen molar-refractivity contribution >= 4 is 5.97 Å². The molecule has 0 spiro atoms. The van der Waals surface area contributed by atoms with Crippen LogP contribution in [0.4, 0.5) is 0 Å². The summed E-state index contributed by atoms with van der Waals surface area (Å²) >= 11 is 0. The molecule has 28 heavy (non-hydrogen) atoms. The van der Waals surface area contributed by atoms with E-state index in [0.717, 1.165) is 19.3 Å². The van der Waals surface area contributed by atoms with Crippen LogP contribution in [0.5, 0.6) is 0 Å². The van der Waals surface area contributed by atoms with Gasteiger partial charge in [0, 0.05) is 13.5 Å². The summed E-state index contributed by atoms with van der Waals surface area (Å²) in [5.41, 5.74) is 1.29. The molecule has 5 nitrogen and oxygen atoms in total. The molecule has 0 unspecified atom stereocenters. The van der Waals surface area contributed by atoms with Crippen LogP contribution in [0.2, 0.25) is 0 Å². The number of hydrogen-bond donors (Lipinski definition) is 1. The Balaban J connectivity index is 1.79. The van der Waals surface area contributed by atoms with Gasteiger partial charge in [-0.3, -0.25) is 4.79 Å². The third kappa shape index (κ3) is 6.64. The van der Waals surface area contributed by atoms with E-state index < -0.39 is 17.3 Å². The van der Waals surface area contributed by atoms with E-state index in [9.17, 15) is 9.90 Å². The molecule has 1 fully saturated rings. The molecule has 1 aliphatic rings. The second kappa shape index (κ2) is 10.1. The molecule has 0 radical (unpaired) electrons. The summed E-state index contributed by atoms with van der Waals surface area (Å²) in [6.07, 6.45) is 14.2. The first-order chi connectivity index (χ1) is 13.3. The fourth-order valence-electron chi connectivity index (χ4n) is 3.43. The van der Waals surface area contributed by atoms with Crippen LogP contribution in [0.25, 0.3) is 0 Å². The van der Waals surface area contributed by atoms with Gasteiger partial charge in [-0.2, -0.15) is 0 Å². The standard InChI is InChI=1S/C23H34O5/c1-18(7-5-9-19-12-16-27-17-19)8-6-13-22(2,26-4)14-10-20(24)23(3)15-11-21(25)28-23/h6-7,12-13,16-17,20,24H,5,8-11,14-15H2,1-4H3/b13-6+,18-7+/t20-,22-,23+/m1/s1. The van der Waals surface area contributed by atoms with Gasteiger partial charge in [0.2, 0.25) is 0 Å². The van der Waals surface area contributed by atoms with E-state index in [1.165, 1.54) is 11.1 Å². The molecule has 0 aliphatic carbocycles. The summed E-state index contributed by atoms with van der Waals surface area (Å²) in [5, 5.41) is 10.5. The lowest BCUT2D eigenvalue weighted by atomic mass is 9.88. The van der Waals surface area contributed by atoms with E-state index in [1.54, 1.807) is 26.6 Å². The fourth-order valence-corrected chi connectivity index (χ4v) is 3.43. The Hall–Kier alpha value is -1.85. The molecule has 0 amide bonds. The van der Waals surface area contributed by atoms with Crippen LogP contribution < -0.4 is 0 Å². The Kier molecular flexibility index (Phi) is 8.08. The Labute approximate surface area is 168 Å². The second-order valence-corrected chi connectivity index (χ2v) is 8.19. The molecule has 0 bridgehead atoms. The molecular weight excluding hydrogens is 356 g/mol. The molecule has 156 valence electrons. The predicted molar refractivity (Wildman–Crippen MR) is 109 cm³/mol. The second-order valence-electron chi connectivity index (χ2n) is 8.19. The quantitative estimate of drug-likeness (QED) is 0.436. The smallest absolute Gasteiger partial charge is 0.306 e. The zero-order valence-corrected chi connectivity index (χ0v) is 17.6. The SMILES string of the molecule is CO[C@](C)(/C=C/C/C(C)=C/CCc1ccoc1)CC[C@@H](O)[C@]1(C)CCC(=O)O1. The van der Waals surface area contributed by atoms with Gasteiger partial charge in [0.1, 0.15) is 5.60 Å². The summed E-state index contributed by atoms with van der Waals surface area (Å²) in [6.45, 7) is 5.94. The number of furan rings is 1. The number of aliphatic hydroxyl groups excluding tert-OH is 1. The minimum absolute atomic E-state index is 0.231. The highest BCUT2D eigenvalue weighted by atomic mass is 16.6. The summed E-state index contributed by atoms with van der Waals surface area (Å²) in [7, 11) is 1.68. The number of carbonyl (C=O) groups is 1. The molecule has 0 saturated carbocycles. The Morgan fingerprint density at radius 3 is 2.89 bits per heavy atom. The summed E-state index contributed by atoms with van der Waals surface area (Å²) < 4.78 is 16.1. The third-order valence-corrected chi connectivity index (χ3v) is 5.67. The molecular formula is C23H34O5. The molecule has 1 aromatic heterocycles. The van der Waals surface area contributed by atoms with Crippen LogP contribution >= 0.6 is 0 Å². The lowest BCUT2D eigenvalue weighted by Crippen LogP contribution is -2.40. The number of hydrogen-bond acceptors (Lipinski definition) is 5. The normalized spacial score (nSPS) is 23.8. The van der Waals surface area contributed by atoms with E-state index in [2.05, 4.69) is 25.2 Å². The zero-order valence-electron chi connectivity index (χ0n) is 17.6. The van der Waals surface area contributed by atoms with Gasteiger partial charge in [0.25, 0.3) is 0 Å². The molecule has 0 aromatic carbocycles. The average molecular weight is 391 g/mol. The van der Waals surface area contributed by atoms with Crippen molar-refractivity contribution in [3.8, 4) is 0 Å². The van der Waals surface area contributed by atoms with Gasteiger partial charge in [-0.15, -0.1) is 0 Å². The maximum Gasteiger partial charge on any atom is 0.306 e. The fraction of sp³-hybridized carbons (Fsp3) is 0.609. The third-order valence-electron chi connectivity index (χ3n) is 5.67. The maximum atomic E-state index is 11.4. The topological polar surface area (TPSA) is 68.9 Å². The Morgan fingerprint density at radius 2 is 2.29 bits per heavy atom. The number of cyclic esters (lactones) is 1. The van der Waals surface area contributed by atoms with Crippen molar-refractivity contribution in [1.82, 2.24) is 0 Å². The van der Waals surface area contributed by atoms with E-state index in [1.807, 2.05) is 13.0 Å². The molecule has 2 heterocycles. The van der Waals surface area contributed by atoms with Crippen LogP contribution in [-0.2, 0) is 20.7 Å². The number of aliphatic hydroxyl groups is 1. The number of rotatable bonds is 11. The van der Waals surface area contributed by atoms with Crippen LogP contribution in [0.15, 0.2) is 46.8 Å². The first-order valence-electron chi connectivity index (χ1n) is 10.1. The zero-order chi connectivity index (χ0) is 20.6. The van der Waals surface area contributed by atoms with Gasteiger partial charge >= 0.3 is 5.97 Å². The van der Waals surface area contributed by atoms with Gasteiger partial charge in [0.05, 0.1) is 24.2 Å². The summed E-state index contributed by atoms with van der Waals surface area (Å²) in [4.78, 5) is 11.4. The van der Waals surface area contributed by atoms with Crippen LogP contribution in [0.3, 0.4) is 0 Å². The number of methoxy groups -OCH3 is 1. The number of ether oxygens (including phenoxy) is 2. The van der Waals surface area contributed by atoms with Crippen LogP contribution in [0.1, 0.15) is 64.9 Å². The van der Waals surface area contributed by atoms with Crippen molar-refractivity contribution in [2.45, 2.75) is 83.0 Å². The van der Waals surface area contributed by atoms with Gasteiger partial charge < -0.3 is 19.0 Å². The van der Waals surface area contributed by atoms with Gasteiger partial charge in [-0.1, -0.05) is 23.8 Å². The van der Waals surface area contributed by atoms with E-state index in [0.29, 0.717) is 25.7 Å². The number of esters is 1. The minimum atomic E-state index is -0.774. The van der Waals surface area contributed by atoms with Crippen molar-refractivity contribution < 1.29 is 23.8 Å². The maximum absolute atomic E-state index is 11.4. The molecule has 2 rings (SSSR count). The molecule has 1 aromatic rings. The average Bonchev–Trinajstić information content (AvgIpc) is 3.30. The summed E-state index contributed by atoms with van der Waals surface area (Å²) in [5.74, 6) is -0.231. The first kappa shape index (κ1) is 22.4. The van der Waals surface area contributed by atoms with Crippen molar-refractivity contribution in [1.29, 1.82) is 0 Å². The predicted octanol–water partition coefficient (Wildman–Crippen LogP) is 4.75. The summed E-state index contributed by atoms with van der Waals surface area (Å²) in [6, 6.07) is 1.99. The minimum Gasteiger partial charge on any atom is -0.472 e. The number of aryl methyl sites for hydroxylation is 1. The monoisotopic (exact) mass is 390 g/mol. The van der Waals surface area contributed by atoms with Crippen LogP contribution in [-0.4, -0.2) is 35.5 Å². The number of allylic oxidation sites excluding steroid dienone is 3. The molecule has 1 N–H and O–H groups in total. The highest BCUT2D eigenvalue weighted by Gasteiger charge is 2.42. The first-order valence-corrected chi connectivity index (χ1v) is 10.1. The number of carbonyl (C=O) groups excluding carboxylic acids is 1. The van der Waals surface area contributed by atoms with Crippen molar-refractivity contribution in [2.24, 2.45) is 0 Å². The van der Waals surface area contributed by atoms with Gasteiger partial charge in [-0.25, -0.2) is 0 Å². The molecule has 1 aliphatic heterocycles. The van der Waals surface area contributed by atoms with Crippen molar-refractivity contribution in [2.75, 3.05) is 7.11 Å². The lowest BCUT2D eigenvalue weighted by Gasteiger charge is -2.32. The Bertz CT molecular complexity index is 675. The molecule has 3 atom stereocenters. The van der Waals surface area contributed by atoms with Gasteiger partial charge in [-0.05, 0) is 70.9 Å². The van der Waals surface area contributed by atoms with Crippen molar-refractivity contribution in [3.63, 3.8) is 0 Å². The molecule has 1 saturated heterocycles. The van der Waals surface area contributed by atoms with Gasteiger partial charge in [0.15, 0.2) is 0 Å². The van der Waals surface area contributed by atoms with Crippen LogP contribution in [0, 0.1) is 0 Å². The molecule has 5 heteroatoms. The highest BCUT2D eigenvalue weighted by molar-refractivity contribution is 5.72. The highest BCUT2D eigenvalue weighted by Crippen LogP contribution is 2.33. The Morgan fingerprint density at radius 1 is 1.50 bits per heavy atom. The van der Waals surface area contributed by atoms with E-state index >= 15 is 0 Å². The van der Waals surface area contributed by atoms with Crippen molar-refractivity contribution in [3.05, 3.63) is 48.0 Å². The van der Waals surface area contributed by atoms with E-state index in [-0.39, 0.29) is 5.97 Å². The largest absolute Gasteiger partial charge is 0.472 e. The van der Waals surface area contributed by atoms with E-state index in [4.69, 9.17) is 13.9 Å².